The van der Waals surface area contributed by atoms with Crippen LogP contribution in [0.5, 0.6) is 0 Å². The van der Waals surface area contributed by atoms with E-state index in [1.54, 1.807) is 0 Å². The zero-order chi connectivity index (χ0) is 18.3. The topological polar surface area (TPSA) is 76.0 Å². The van der Waals surface area contributed by atoms with Crippen molar-refractivity contribution in [1.29, 1.82) is 0 Å². The average Bonchev–Trinajstić information content (AvgIpc) is 2.40. The molecule has 0 bridgehead atoms. The molecule has 1 saturated heterocycles. The quantitative estimate of drug-likeness (QED) is 0.601. The van der Waals surface area contributed by atoms with E-state index in [0.717, 1.165) is 19.3 Å². The number of carbonyl (C=O) groups is 1. The summed E-state index contributed by atoms with van der Waals surface area (Å²) in [6, 6.07) is 0. The minimum atomic E-state index is -1.21. The van der Waals surface area contributed by atoms with Gasteiger partial charge in [0.1, 0.15) is 16.1 Å². The first-order valence-corrected chi connectivity index (χ1v) is 9.92. The summed E-state index contributed by atoms with van der Waals surface area (Å²) in [7, 11) is 0. The van der Waals surface area contributed by atoms with E-state index in [0.29, 0.717) is 24.9 Å². The fourth-order valence-electron chi connectivity index (χ4n) is 4.66. The van der Waals surface area contributed by atoms with E-state index >= 15 is 0 Å². The Labute approximate surface area is 149 Å². The molecule has 1 heterocycles. The molecule has 2 fully saturated rings. The van der Waals surface area contributed by atoms with Crippen LogP contribution in [0, 0.1) is 22.7 Å². The number of nitrogens with zero attached hydrogens (tertiary/aromatic N) is 2. The van der Waals surface area contributed by atoms with Gasteiger partial charge in [0, 0.05) is 19.0 Å². The maximum Gasteiger partial charge on any atom is 0.407 e. The largest absolute Gasteiger partial charge is 0.591 e. The van der Waals surface area contributed by atoms with Gasteiger partial charge < -0.3 is 14.6 Å². The van der Waals surface area contributed by atoms with E-state index in [9.17, 15) is 9.35 Å². The summed E-state index contributed by atoms with van der Waals surface area (Å²) in [6.07, 6.45) is 4.00. The van der Waals surface area contributed by atoms with Crippen molar-refractivity contribution in [3.63, 3.8) is 0 Å². The molecular weight excluding hydrogens is 324 g/mol. The molecule has 1 N–H and O–H groups in total. The molecule has 2 rings (SSSR count). The van der Waals surface area contributed by atoms with Crippen LogP contribution in [0.15, 0.2) is 4.40 Å². The Bertz CT molecular complexity index is 499. The van der Waals surface area contributed by atoms with Crippen molar-refractivity contribution in [1.82, 2.24) is 4.90 Å². The minimum Gasteiger partial charge on any atom is -0.591 e. The van der Waals surface area contributed by atoms with Crippen LogP contribution in [-0.2, 0) is 11.4 Å². The van der Waals surface area contributed by atoms with E-state index in [2.05, 4.69) is 25.2 Å². The van der Waals surface area contributed by atoms with Crippen molar-refractivity contribution in [2.24, 2.45) is 27.1 Å². The maximum atomic E-state index is 12.2. The Kier molecular flexibility index (Phi) is 5.32. The maximum absolute atomic E-state index is 12.2. The zero-order valence-corrected chi connectivity index (χ0v) is 16.7. The molecule has 1 saturated carbocycles. The van der Waals surface area contributed by atoms with Crippen molar-refractivity contribution in [3.05, 3.63) is 0 Å². The summed E-state index contributed by atoms with van der Waals surface area (Å²) < 4.78 is 16.2. The normalized spacial score (nSPS) is 28.9. The van der Waals surface area contributed by atoms with Gasteiger partial charge in [0.2, 0.25) is 0 Å². The summed E-state index contributed by atoms with van der Waals surface area (Å²) in [4.78, 5) is 12.7. The lowest BCUT2D eigenvalue weighted by molar-refractivity contribution is -0.109. The van der Waals surface area contributed by atoms with Crippen LogP contribution in [-0.4, -0.2) is 44.7 Å². The molecule has 1 aliphatic heterocycles. The first-order valence-electron chi connectivity index (χ1n) is 8.81. The lowest BCUT2D eigenvalue weighted by atomic mass is 9.44. The molecule has 0 aromatic carbocycles. The zero-order valence-electron chi connectivity index (χ0n) is 15.8. The number of amides is 1. The number of likely N-dealkylation sites (tertiary alicyclic amines) is 1. The number of carboxylic acid groups (broad SMARTS) is 1. The summed E-state index contributed by atoms with van der Waals surface area (Å²) in [5.74, 6) is 0.800. The Morgan fingerprint density at radius 1 is 1.25 bits per heavy atom. The van der Waals surface area contributed by atoms with Crippen LogP contribution in [0.25, 0.3) is 0 Å². The first-order chi connectivity index (χ1) is 10.9. The summed E-state index contributed by atoms with van der Waals surface area (Å²) in [5.41, 5.74) is 0.341. The second kappa shape index (κ2) is 6.52. The van der Waals surface area contributed by atoms with Gasteiger partial charge in [0.25, 0.3) is 0 Å². The second-order valence-electron chi connectivity index (χ2n) is 9.46. The van der Waals surface area contributed by atoms with E-state index in [4.69, 9.17) is 5.11 Å². The van der Waals surface area contributed by atoms with Gasteiger partial charge in [-0.15, -0.1) is 0 Å². The van der Waals surface area contributed by atoms with Crippen LogP contribution in [0.2, 0.25) is 0 Å². The van der Waals surface area contributed by atoms with Gasteiger partial charge in [0.05, 0.1) is 6.21 Å². The van der Waals surface area contributed by atoms with Crippen LogP contribution in [0.1, 0.15) is 60.8 Å². The smallest absolute Gasteiger partial charge is 0.407 e. The third kappa shape index (κ3) is 3.90. The monoisotopic (exact) mass is 356 g/mol. The fourth-order valence-corrected chi connectivity index (χ4v) is 5.24. The van der Waals surface area contributed by atoms with Crippen molar-refractivity contribution in [3.8, 4) is 0 Å². The number of rotatable bonds is 2. The van der Waals surface area contributed by atoms with E-state index in [-0.39, 0.29) is 15.6 Å². The van der Waals surface area contributed by atoms with Gasteiger partial charge in [0.15, 0.2) is 0 Å². The first kappa shape index (κ1) is 19.6. The van der Waals surface area contributed by atoms with Gasteiger partial charge in [-0.25, -0.2) is 4.79 Å². The standard InChI is InChI=1S/C18H32N2O3S/c1-16(2,3)14-13(12-19-24(23)17(4,5)6)11-18(14)7-9-20(10-8-18)15(21)22/h12-14H,7-11H2,1-6H3,(H,21,22)/b19-12+/t13?,14?,24-/m1/s1. The summed E-state index contributed by atoms with van der Waals surface area (Å²) in [5, 5.41) is 9.17. The molecule has 1 spiro atoms. The highest BCUT2D eigenvalue weighted by Gasteiger charge is 2.58. The third-order valence-corrected chi connectivity index (χ3v) is 6.93. The molecule has 1 aliphatic carbocycles. The Morgan fingerprint density at radius 3 is 2.21 bits per heavy atom. The van der Waals surface area contributed by atoms with Crippen molar-refractivity contribution < 1.29 is 14.5 Å². The third-order valence-electron chi connectivity index (χ3n) is 5.56. The molecule has 24 heavy (non-hydrogen) atoms. The molecule has 5 nitrogen and oxygen atoms in total. The molecule has 0 aromatic heterocycles. The molecular formula is C18H32N2O3S. The number of hydrogen-bond donors (Lipinski definition) is 1. The Morgan fingerprint density at radius 2 is 1.79 bits per heavy atom. The van der Waals surface area contributed by atoms with Crippen molar-refractivity contribution >= 4 is 23.7 Å². The number of hydrogen-bond acceptors (Lipinski definition) is 3. The summed E-state index contributed by atoms with van der Waals surface area (Å²) >= 11 is -1.21. The van der Waals surface area contributed by atoms with Gasteiger partial charge >= 0.3 is 6.09 Å². The number of piperidine rings is 1. The second-order valence-corrected chi connectivity index (χ2v) is 11.4. The molecule has 2 unspecified atom stereocenters. The van der Waals surface area contributed by atoms with Gasteiger partial charge in [-0.05, 0) is 56.8 Å². The Hall–Kier alpha value is -0.750. The highest BCUT2D eigenvalue weighted by Crippen LogP contribution is 2.62. The van der Waals surface area contributed by atoms with Gasteiger partial charge in [-0.2, -0.15) is 0 Å². The molecule has 6 heteroatoms. The summed E-state index contributed by atoms with van der Waals surface area (Å²) in [6.45, 7) is 13.8. The van der Waals surface area contributed by atoms with Gasteiger partial charge in [-0.1, -0.05) is 25.2 Å². The van der Waals surface area contributed by atoms with Crippen LogP contribution < -0.4 is 0 Å². The van der Waals surface area contributed by atoms with E-state index in [1.165, 1.54) is 4.90 Å². The molecule has 2 aliphatic rings. The predicted molar refractivity (Wildman–Crippen MR) is 98.7 cm³/mol. The molecule has 3 atom stereocenters. The lowest BCUT2D eigenvalue weighted by Crippen LogP contribution is -2.59. The SMILES string of the molecule is CC(C)(C)C1C(/C=N/[S@+]([O-])C(C)(C)C)CC12CCN(C(=O)O)CC2. The molecule has 1 amide bonds. The molecule has 0 radical (unpaired) electrons. The van der Waals surface area contributed by atoms with Crippen LogP contribution in [0.4, 0.5) is 4.79 Å². The van der Waals surface area contributed by atoms with Crippen LogP contribution in [0.3, 0.4) is 0 Å². The Balaban J connectivity index is 2.10. The highest BCUT2D eigenvalue weighted by molar-refractivity contribution is 7.91. The van der Waals surface area contributed by atoms with Crippen LogP contribution >= 0.6 is 0 Å². The fraction of sp³-hybridized carbons (Fsp3) is 0.889. The predicted octanol–water partition coefficient (Wildman–Crippen LogP) is 3.96. The highest BCUT2D eigenvalue weighted by atomic mass is 32.2. The molecule has 138 valence electrons. The lowest BCUT2D eigenvalue weighted by Gasteiger charge is -2.62. The van der Waals surface area contributed by atoms with E-state index in [1.807, 2.05) is 27.0 Å². The minimum absolute atomic E-state index is 0.129. The average molecular weight is 357 g/mol. The molecule has 0 aromatic rings. The van der Waals surface area contributed by atoms with E-state index < -0.39 is 17.5 Å². The van der Waals surface area contributed by atoms with Crippen molar-refractivity contribution in [2.45, 2.75) is 65.6 Å². The van der Waals surface area contributed by atoms with Crippen molar-refractivity contribution in [2.75, 3.05) is 13.1 Å². The van der Waals surface area contributed by atoms with Gasteiger partial charge in [-0.3, -0.25) is 0 Å².